The first-order chi connectivity index (χ1) is 13.1. The van der Waals surface area contributed by atoms with Crippen LogP contribution in [0.15, 0.2) is 16.2 Å². The Balaban J connectivity index is 1.69. The van der Waals surface area contributed by atoms with Gasteiger partial charge in [-0.3, -0.25) is 14.2 Å². The summed E-state index contributed by atoms with van der Waals surface area (Å²) in [5.41, 5.74) is -2.97. The van der Waals surface area contributed by atoms with E-state index in [9.17, 15) is 27.9 Å². The lowest BCUT2D eigenvalue weighted by atomic mass is 9.97. The molecule has 0 radical (unpaired) electrons. The molecule has 0 aromatic carbocycles. The molecular formula is C17H17F3N4O3S. The lowest BCUT2D eigenvalue weighted by Crippen LogP contribution is -2.57. The van der Waals surface area contributed by atoms with Gasteiger partial charge < -0.3 is 5.11 Å². The number of amides is 1. The predicted molar refractivity (Wildman–Crippen MR) is 96.1 cm³/mol. The number of alkyl halides is 3. The van der Waals surface area contributed by atoms with Gasteiger partial charge >= 0.3 is 6.18 Å². The number of hydrogen-bond donors (Lipinski definition) is 1. The Morgan fingerprint density at radius 2 is 2.07 bits per heavy atom. The number of hydrazone groups is 1. The Morgan fingerprint density at radius 3 is 2.79 bits per heavy atom. The Morgan fingerprint density at radius 1 is 1.36 bits per heavy atom. The number of aryl methyl sites for hydroxylation is 2. The molecule has 1 amide bonds. The van der Waals surface area contributed by atoms with Crippen LogP contribution in [0.2, 0.25) is 0 Å². The minimum Gasteiger partial charge on any atom is -0.362 e. The Labute approximate surface area is 161 Å². The number of carbonyl (C=O) groups excluding carboxylic acids is 1. The van der Waals surface area contributed by atoms with Crippen molar-refractivity contribution in [1.29, 1.82) is 0 Å². The van der Waals surface area contributed by atoms with Crippen LogP contribution in [-0.4, -0.2) is 43.2 Å². The van der Waals surface area contributed by atoms with E-state index in [1.54, 1.807) is 0 Å². The standard InChI is InChI=1S/C17H17F3N4O3S/c1-9-6-16(27,17(18,19)20)24(22-9)12(25)7-23-8-21-14-13(15(23)26)10-4-2-3-5-11(10)28-14/h8,27H,2-7H2,1H3. The molecule has 11 heteroatoms. The quantitative estimate of drug-likeness (QED) is 0.816. The van der Waals surface area contributed by atoms with Crippen LogP contribution >= 0.6 is 11.3 Å². The van der Waals surface area contributed by atoms with Gasteiger partial charge in [-0.25, -0.2) is 4.98 Å². The zero-order valence-corrected chi connectivity index (χ0v) is 15.7. The van der Waals surface area contributed by atoms with E-state index in [4.69, 9.17) is 0 Å². The van der Waals surface area contributed by atoms with Crippen molar-refractivity contribution in [3.63, 3.8) is 0 Å². The van der Waals surface area contributed by atoms with Gasteiger partial charge in [0.1, 0.15) is 11.4 Å². The molecule has 2 aromatic rings. The van der Waals surface area contributed by atoms with Gasteiger partial charge in [0.2, 0.25) is 0 Å². The summed E-state index contributed by atoms with van der Waals surface area (Å²) in [7, 11) is 0. The van der Waals surface area contributed by atoms with Crippen LogP contribution in [0.4, 0.5) is 13.2 Å². The molecule has 150 valence electrons. The van der Waals surface area contributed by atoms with Crippen molar-refractivity contribution in [1.82, 2.24) is 14.6 Å². The maximum absolute atomic E-state index is 13.3. The summed E-state index contributed by atoms with van der Waals surface area (Å²) in [6.07, 6.45) is -1.15. The molecule has 4 rings (SSSR count). The molecule has 0 bridgehead atoms. The molecule has 0 fully saturated rings. The van der Waals surface area contributed by atoms with Gasteiger partial charge in [-0.15, -0.1) is 11.3 Å². The van der Waals surface area contributed by atoms with Crippen LogP contribution in [-0.2, 0) is 24.2 Å². The largest absolute Gasteiger partial charge is 0.438 e. The minimum atomic E-state index is -5.08. The van der Waals surface area contributed by atoms with E-state index < -0.39 is 36.3 Å². The summed E-state index contributed by atoms with van der Waals surface area (Å²) in [6.45, 7) is 0.600. The SMILES string of the molecule is CC1=NN(C(=O)Cn2cnc3sc4c(c3c2=O)CCCC4)C(O)(C(F)(F)F)C1. The van der Waals surface area contributed by atoms with Gasteiger partial charge in [-0.1, -0.05) is 0 Å². The first-order valence-electron chi connectivity index (χ1n) is 8.78. The van der Waals surface area contributed by atoms with Crippen molar-refractivity contribution >= 4 is 33.2 Å². The molecular weight excluding hydrogens is 397 g/mol. The highest BCUT2D eigenvalue weighted by molar-refractivity contribution is 7.18. The molecule has 3 heterocycles. The van der Waals surface area contributed by atoms with E-state index in [0.29, 0.717) is 10.2 Å². The van der Waals surface area contributed by atoms with E-state index >= 15 is 0 Å². The van der Waals surface area contributed by atoms with Gasteiger partial charge in [0.25, 0.3) is 17.2 Å². The third kappa shape index (κ3) is 2.84. The van der Waals surface area contributed by atoms with Crippen molar-refractivity contribution in [3.8, 4) is 0 Å². The fraction of sp³-hybridized carbons (Fsp3) is 0.529. The summed E-state index contributed by atoms with van der Waals surface area (Å²) in [6, 6.07) is 0. The van der Waals surface area contributed by atoms with Crippen molar-refractivity contribution in [2.24, 2.45) is 5.10 Å². The van der Waals surface area contributed by atoms with Crippen molar-refractivity contribution in [2.45, 2.75) is 57.5 Å². The third-order valence-electron chi connectivity index (χ3n) is 5.06. The summed E-state index contributed by atoms with van der Waals surface area (Å²) < 4.78 is 40.9. The van der Waals surface area contributed by atoms with Crippen LogP contribution < -0.4 is 5.56 Å². The molecule has 0 spiro atoms. The topological polar surface area (TPSA) is 87.8 Å². The number of aliphatic hydroxyl groups is 1. The predicted octanol–water partition coefficient (Wildman–Crippen LogP) is 2.20. The van der Waals surface area contributed by atoms with E-state index in [1.165, 1.54) is 18.3 Å². The van der Waals surface area contributed by atoms with Crippen LogP contribution in [0.1, 0.15) is 36.6 Å². The number of aromatic nitrogens is 2. The van der Waals surface area contributed by atoms with Crippen LogP contribution in [0.25, 0.3) is 10.2 Å². The van der Waals surface area contributed by atoms with Crippen LogP contribution in [0.5, 0.6) is 0 Å². The normalized spacial score (nSPS) is 22.5. The average Bonchev–Trinajstić information content (AvgIpc) is 3.15. The molecule has 0 saturated carbocycles. The molecule has 0 saturated heterocycles. The van der Waals surface area contributed by atoms with E-state index in [-0.39, 0.29) is 10.7 Å². The Kier molecular flexibility index (Phi) is 4.34. The van der Waals surface area contributed by atoms with Gasteiger partial charge in [0.05, 0.1) is 11.7 Å². The second kappa shape index (κ2) is 6.38. The van der Waals surface area contributed by atoms with E-state index in [2.05, 4.69) is 10.1 Å². The maximum Gasteiger partial charge on any atom is 0.438 e. The van der Waals surface area contributed by atoms with Gasteiger partial charge in [-0.05, 0) is 38.2 Å². The van der Waals surface area contributed by atoms with Crippen LogP contribution in [0, 0.1) is 0 Å². The number of carbonyl (C=O) groups is 1. The highest BCUT2D eigenvalue weighted by atomic mass is 32.1. The van der Waals surface area contributed by atoms with Gasteiger partial charge in [-0.2, -0.15) is 23.3 Å². The number of hydrogen-bond acceptors (Lipinski definition) is 6. The lowest BCUT2D eigenvalue weighted by Gasteiger charge is -2.32. The maximum atomic E-state index is 13.3. The summed E-state index contributed by atoms with van der Waals surface area (Å²) in [5.74, 6) is -1.14. The number of fused-ring (bicyclic) bond motifs is 3. The van der Waals surface area contributed by atoms with Gasteiger partial charge in [0.15, 0.2) is 0 Å². The second-order valence-corrected chi connectivity index (χ2v) is 8.18. The Hall–Kier alpha value is -2.27. The molecule has 7 nitrogen and oxygen atoms in total. The number of thiophene rings is 1. The Bertz CT molecular complexity index is 1060. The lowest BCUT2D eigenvalue weighted by molar-refractivity contribution is -0.302. The summed E-state index contributed by atoms with van der Waals surface area (Å²) in [5, 5.41) is 14.1. The molecule has 1 unspecified atom stereocenters. The monoisotopic (exact) mass is 414 g/mol. The fourth-order valence-electron chi connectivity index (χ4n) is 3.71. The fourth-order valence-corrected chi connectivity index (χ4v) is 4.93. The second-order valence-electron chi connectivity index (χ2n) is 7.10. The smallest absolute Gasteiger partial charge is 0.362 e. The minimum absolute atomic E-state index is 0.0268. The zero-order chi connectivity index (χ0) is 20.3. The summed E-state index contributed by atoms with van der Waals surface area (Å²) >= 11 is 1.44. The van der Waals surface area contributed by atoms with Crippen molar-refractivity contribution < 1.29 is 23.1 Å². The highest BCUT2D eigenvalue weighted by Crippen LogP contribution is 2.40. The van der Waals surface area contributed by atoms with Crippen molar-refractivity contribution in [3.05, 3.63) is 27.1 Å². The molecule has 1 atom stereocenters. The molecule has 2 aromatic heterocycles. The number of halogens is 3. The highest BCUT2D eigenvalue weighted by Gasteiger charge is 2.62. The molecule has 1 aliphatic carbocycles. The number of nitrogens with zero attached hydrogens (tertiary/aromatic N) is 4. The first kappa shape index (κ1) is 19.1. The molecule has 28 heavy (non-hydrogen) atoms. The van der Waals surface area contributed by atoms with E-state index in [1.807, 2.05) is 0 Å². The molecule has 2 aliphatic rings. The number of rotatable bonds is 2. The van der Waals surface area contributed by atoms with Crippen LogP contribution in [0.3, 0.4) is 0 Å². The molecule has 1 aliphatic heterocycles. The summed E-state index contributed by atoms with van der Waals surface area (Å²) in [4.78, 5) is 31.3. The van der Waals surface area contributed by atoms with Gasteiger partial charge in [0, 0.05) is 17.0 Å². The average molecular weight is 414 g/mol. The third-order valence-corrected chi connectivity index (χ3v) is 6.26. The molecule has 1 N–H and O–H groups in total. The zero-order valence-electron chi connectivity index (χ0n) is 14.9. The van der Waals surface area contributed by atoms with E-state index in [0.717, 1.165) is 47.0 Å². The van der Waals surface area contributed by atoms with Crippen molar-refractivity contribution in [2.75, 3.05) is 0 Å². The first-order valence-corrected chi connectivity index (χ1v) is 9.59.